The van der Waals surface area contributed by atoms with Crippen LogP contribution in [0, 0.1) is 6.92 Å². The van der Waals surface area contributed by atoms with E-state index in [-0.39, 0.29) is 11.3 Å². The van der Waals surface area contributed by atoms with E-state index < -0.39 is 80.5 Å². The van der Waals surface area contributed by atoms with Crippen molar-refractivity contribution in [3.8, 4) is 34.5 Å². The molecule has 11 nitrogen and oxygen atoms in total. The number of rotatable bonds is 3. The second-order valence-electron chi connectivity index (χ2n) is 6.84. The van der Waals surface area contributed by atoms with E-state index >= 15 is 0 Å². The number of aromatic hydroxyl groups is 3. The molecule has 1 aliphatic rings. The summed E-state index contributed by atoms with van der Waals surface area (Å²) in [7, 11) is 0. The number of phenolic OH excluding ortho intramolecular Hbond substituents is 3. The molecule has 2 aromatic rings. The van der Waals surface area contributed by atoms with Crippen molar-refractivity contribution in [3.05, 3.63) is 33.9 Å². The molecule has 32 heavy (non-hydrogen) atoms. The highest BCUT2D eigenvalue weighted by molar-refractivity contribution is 6.33. The summed E-state index contributed by atoms with van der Waals surface area (Å²) < 4.78 is 14.7. The average Bonchev–Trinajstić information content (AvgIpc) is 2.66. The van der Waals surface area contributed by atoms with Crippen LogP contribution in [0.25, 0.3) is 0 Å². The van der Waals surface area contributed by atoms with Gasteiger partial charge in [0.2, 0.25) is 23.1 Å². The maximum absolute atomic E-state index is 13.4. The number of carbonyl (C=O) groups excluding carboxylic acids is 5. The number of ketones is 2. The van der Waals surface area contributed by atoms with Crippen LogP contribution in [0.2, 0.25) is 0 Å². The predicted molar refractivity (Wildman–Crippen MR) is 103 cm³/mol. The van der Waals surface area contributed by atoms with E-state index in [0.29, 0.717) is 0 Å². The third-order valence-corrected chi connectivity index (χ3v) is 4.45. The summed E-state index contributed by atoms with van der Waals surface area (Å²) in [5, 5.41) is 31.4. The van der Waals surface area contributed by atoms with Crippen molar-refractivity contribution in [2.45, 2.75) is 27.7 Å². The Balaban J connectivity index is 2.48. The zero-order valence-electron chi connectivity index (χ0n) is 17.2. The zero-order chi connectivity index (χ0) is 24.1. The number of benzene rings is 2. The van der Waals surface area contributed by atoms with Gasteiger partial charge in [-0.3, -0.25) is 24.0 Å². The summed E-state index contributed by atoms with van der Waals surface area (Å²) >= 11 is 0. The van der Waals surface area contributed by atoms with Crippen LogP contribution in [0.5, 0.6) is 34.5 Å². The van der Waals surface area contributed by atoms with Crippen molar-refractivity contribution in [3.63, 3.8) is 0 Å². The summed E-state index contributed by atoms with van der Waals surface area (Å²) in [5.41, 5.74) is -2.56. The minimum atomic E-state index is -1.14. The van der Waals surface area contributed by atoms with E-state index in [1.807, 2.05) is 0 Å². The number of esters is 3. The topological polar surface area (TPSA) is 174 Å². The summed E-state index contributed by atoms with van der Waals surface area (Å²) in [5.74, 6) is -10.1. The fourth-order valence-corrected chi connectivity index (χ4v) is 3.35. The molecule has 0 atom stereocenters. The molecule has 0 fully saturated rings. The lowest BCUT2D eigenvalue weighted by molar-refractivity contribution is -0.133. The first-order chi connectivity index (χ1) is 14.9. The Kier molecular flexibility index (Phi) is 5.35. The minimum absolute atomic E-state index is 0.125. The van der Waals surface area contributed by atoms with E-state index in [9.17, 15) is 39.3 Å². The van der Waals surface area contributed by atoms with Crippen LogP contribution < -0.4 is 14.2 Å². The molecular formula is C21H16O11. The van der Waals surface area contributed by atoms with Crippen LogP contribution in [-0.2, 0) is 14.4 Å². The Hall–Kier alpha value is -4.41. The number of phenols is 3. The molecule has 0 aromatic heterocycles. The third-order valence-electron chi connectivity index (χ3n) is 4.45. The van der Waals surface area contributed by atoms with Gasteiger partial charge in [-0.2, -0.15) is 0 Å². The maximum Gasteiger partial charge on any atom is 0.308 e. The number of carbonyl (C=O) groups is 5. The Bertz CT molecular complexity index is 1250. The fraction of sp³-hybridized carbons (Fsp3) is 0.190. The normalized spacial score (nSPS) is 12.0. The minimum Gasteiger partial charge on any atom is -0.507 e. The standard InChI is InChI=1S/C21H16O11/c1-6-5-10(25)11-13(19(6)30-7(2)22)16(27)14-12(15(11)26)17(28)21(32-9(4)24)18(29)20(14)31-8(3)23/h5,25,28-29H,1-4H3. The van der Waals surface area contributed by atoms with Gasteiger partial charge < -0.3 is 29.5 Å². The van der Waals surface area contributed by atoms with Gasteiger partial charge in [0.05, 0.1) is 22.3 Å². The molecular weight excluding hydrogens is 428 g/mol. The summed E-state index contributed by atoms with van der Waals surface area (Å²) in [6.07, 6.45) is 0. The highest BCUT2D eigenvalue weighted by atomic mass is 16.6. The molecule has 0 spiro atoms. The predicted octanol–water partition coefficient (Wildman–Crippen LogP) is 1.66. The lowest BCUT2D eigenvalue weighted by Gasteiger charge is -2.25. The second kappa shape index (κ2) is 7.69. The quantitative estimate of drug-likeness (QED) is 0.396. The number of fused-ring (bicyclic) bond motifs is 2. The molecule has 3 rings (SSSR count). The summed E-state index contributed by atoms with van der Waals surface area (Å²) in [4.78, 5) is 61.3. The van der Waals surface area contributed by atoms with Gasteiger partial charge in [-0.05, 0) is 18.6 Å². The molecule has 0 bridgehead atoms. The van der Waals surface area contributed by atoms with Gasteiger partial charge in [-0.25, -0.2) is 0 Å². The van der Waals surface area contributed by atoms with Gasteiger partial charge in [0.25, 0.3) is 0 Å². The third kappa shape index (κ3) is 3.39. The van der Waals surface area contributed by atoms with Crippen LogP contribution in [0.1, 0.15) is 58.2 Å². The number of aryl methyl sites for hydroxylation is 1. The first-order valence-corrected chi connectivity index (χ1v) is 8.99. The molecule has 0 amide bonds. The van der Waals surface area contributed by atoms with Crippen molar-refractivity contribution < 1.29 is 53.5 Å². The van der Waals surface area contributed by atoms with Crippen LogP contribution in [-0.4, -0.2) is 44.8 Å². The van der Waals surface area contributed by atoms with Crippen molar-refractivity contribution in [1.29, 1.82) is 0 Å². The van der Waals surface area contributed by atoms with Crippen LogP contribution in [0.4, 0.5) is 0 Å². The van der Waals surface area contributed by atoms with Gasteiger partial charge >= 0.3 is 17.9 Å². The fourth-order valence-electron chi connectivity index (χ4n) is 3.35. The van der Waals surface area contributed by atoms with Crippen molar-refractivity contribution in [2.24, 2.45) is 0 Å². The molecule has 1 aliphatic carbocycles. The zero-order valence-corrected chi connectivity index (χ0v) is 17.2. The van der Waals surface area contributed by atoms with Crippen molar-refractivity contribution in [1.82, 2.24) is 0 Å². The van der Waals surface area contributed by atoms with Crippen molar-refractivity contribution in [2.75, 3.05) is 0 Å². The molecule has 0 saturated heterocycles. The number of ether oxygens (including phenoxy) is 3. The molecule has 0 radical (unpaired) electrons. The smallest absolute Gasteiger partial charge is 0.308 e. The highest BCUT2D eigenvalue weighted by Crippen LogP contribution is 2.53. The number of hydrogen-bond donors (Lipinski definition) is 3. The largest absolute Gasteiger partial charge is 0.507 e. The first kappa shape index (κ1) is 22.3. The molecule has 2 aromatic carbocycles. The average molecular weight is 444 g/mol. The van der Waals surface area contributed by atoms with Gasteiger partial charge in [-0.1, -0.05) is 0 Å². The van der Waals surface area contributed by atoms with Gasteiger partial charge in [0, 0.05) is 20.8 Å². The Morgan fingerprint density at radius 2 is 1.09 bits per heavy atom. The van der Waals surface area contributed by atoms with E-state index in [4.69, 9.17) is 14.2 Å². The maximum atomic E-state index is 13.4. The van der Waals surface area contributed by atoms with E-state index in [1.165, 1.54) is 6.92 Å². The summed E-state index contributed by atoms with van der Waals surface area (Å²) in [6, 6.07) is 1.07. The van der Waals surface area contributed by atoms with E-state index in [1.54, 1.807) is 0 Å². The second-order valence-corrected chi connectivity index (χ2v) is 6.84. The molecule has 0 saturated carbocycles. The molecule has 166 valence electrons. The van der Waals surface area contributed by atoms with E-state index in [2.05, 4.69) is 0 Å². The SMILES string of the molecule is CC(=O)Oc1c(O)c(OC(C)=O)c2c(c1O)C(=O)c1c(O)cc(C)c(OC(C)=O)c1C2=O. The summed E-state index contributed by atoms with van der Waals surface area (Å²) in [6.45, 7) is 4.33. The molecule has 0 heterocycles. The highest BCUT2D eigenvalue weighted by Gasteiger charge is 2.43. The Morgan fingerprint density at radius 3 is 1.62 bits per heavy atom. The van der Waals surface area contributed by atoms with Crippen LogP contribution in [0.15, 0.2) is 6.07 Å². The molecule has 0 unspecified atom stereocenters. The lowest BCUT2D eigenvalue weighted by atomic mass is 9.80. The van der Waals surface area contributed by atoms with Gasteiger partial charge in [-0.15, -0.1) is 0 Å². The monoisotopic (exact) mass is 444 g/mol. The molecule has 3 N–H and O–H groups in total. The molecule has 11 heteroatoms. The van der Waals surface area contributed by atoms with Crippen molar-refractivity contribution >= 4 is 29.5 Å². The van der Waals surface area contributed by atoms with Gasteiger partial charge in [0.15, 0.2) is 11.5 Å². The van der Waals surface area contributed by atoms with Crippen LogP contribution in [0.3, 0.4) is 0 Å². The van der Waals surface area contributed by atoms with Gasteiger partial charge in [0.1, 0.15) is 11.5 Å². The van der Waals surface area contributed by atoms with E-state index in [0.717, 1.165) is 26.8 Å². The number of hydrogen-bond acceptors (Lipinski definition) is 11. The van der Waals surface area contributed by atoms with Crippen LogP contribution >= 0.6 is 0 Å². The molecule has 0 aliphatic heterocycles. The Labute approximate surface area is 179 Å². The first-order valence-electron chi connectivity index (χ1n) is 8.99. The lowest BCUT2D eigenvalue weighted by Crippen LogP contribution is -2.25. The Morgan fingerprint density at radius 1 is 0.656 bits per heavy atom.